The largest absolute Gasteiger partial charge is 0.396 e. The van der Waals surface area contributed by atoms with E-state index in [1.165, 1.54) is 11.3 Å². The minimum absolute atomic E-state index is 0.0898. The van der Waals surface area contributed by atoms with Crippen LogP contribution in [0.25, 0.3) is 11.1 Å². The number of aliphatic hydroxyl groups is 1. The highest BCUT2D eigenvalue weighted by Gasteiger charge is 2.35. The second-order valence-electron chi connectivity index (χ2n) is 10.0. The highest BCUT2D eigenvalue weighted by molar-refractivity contribution is 5.76. The molecule has 1 aromatic carbocycles. The maximum Gasteiger partial charge on any atom is 0.219 e. The van der Waals surface area contributed by atoms with Crippen LogP contribution in [0.5, 0.6) is 0 Å². The van der Waals surface area contributed by atoms with Gasteiger partial charge >= 0.3 is 0 Å². The van der Waals surface area contributed by atoms with Crippen LogP contribution in [0, 0.1) is 5.92 Å². The van der Waals surface area contributed by atoms with Gasteiger partial charge in [0.15, 0.2) is 5.82 Å². The number of amides is 1. The van der Waals surface area contributed by atoms with Gasteiger partial charge in [-0.1, -0.05) is 6.07 Å². The number of aliphatic hydroxyl groups excluding tert-OH is 1. The number of carbonyl (C=O) groups excluding carboxylic acids is 1. The van der Waals surface area contributed by atoms with Crippen molar-refractivity contribution in [2.75, 3.05) is 37.8 Å². The zero-order chi connectivity index (χ0) is 24.1. The Bertz CT molecular complexity index is 1260. The van der Waals surface area contributed by atoms with Gasteiger partial charge < -0.3 is 19.6 Å². The number of benzene rings is 1. The third-order valence-electron chi connectivity index (χ3n) is 7.63. The van der Waals surface area contributed by atoms with Gasteiger partial charge in [0, 0.05) is 81.3 Å². The van der Waals surface area contributed by atoms with Crippen LogP contribution < -0.4 is 4.90 Å². The molecule has 6 rings (SSSR count). The normalized spacial score (nSPS) is 21.8. The number of nitrogens with zero attached hydrogens (tertiary/aromatic N) is 6. The van der Waals surface area contributed by atoms with Crippen LogP contribution in [0.2, 0.25) is 0 Å². The SMILES string of the molecule is CC(=O)N1CCc2c(c(N3CC(CO)Cc4cc(-c5cnn(C)c5)ccc43)nn2[C@@H]2CCOC2)C1. The molecule has 0 spiro atoms. The van der Waals surface area contributed by atoms with E-state index in [2.05, 4.69) is 32.9 Å². The first-order valence-corrected chi connectivity index (χ1v) is 12.5. The molecule has 0 radical (unpaired) electrons. The van der Waals surface area contributed by atoms with Gasteiger partial charge in [-0.05, 0) is 36.1 Å². The molecule has 2 atom stereocenters. The summed E-state index contributed by atoms with van der Waals surface area (Å²) in [6, 6.07) is 6.75. The van der Waals surface area contributed by atoms with Gasteiger partial charge in [0.25, 0.3) is 0 Å². The number of aryl methyl sites for hydroxylation is 1. The molecule has 3 aromatic rings. The van der Waals surface area contributed by atoms with E-state index >= 15 is 0 Å². The molecule has 35 heavy (non-hydrogen) atoms. The lowest BCUT2D eigenvalue weighted by Crippen LogP contribution is -2.37. The van der Waals surface area contributed by atoms with Crippen molar-refractivity contribution < 1.29 is 14.6 Å². The Morgan fingerprint density at radius 3 is 2.89 bits per heavy atom. The van der Waals surface area contributed by atoms with Crippen LogP contribution in [0.3, 0.4) is 0 Å². The van der Waals surface area contributed by atoms with E-state index in [0.717, 1.165) is 54.1 Å². The maximum absolute atomic E-state index is 12.3. The Morgan fingerprint density at radius 2 is 2.17 bits per heavy atom. The van der Waals surface area contributed by atoms with Gasteiger partial charge in [-0.25, -0.2) is 0 Å². The van der Waals surface area contributed by atoms with Crippen molar-refractivity contribution in [3.05, 3.63) is 47.4 Å². The average Bonchev–Trinajstić information content (AvgIpc) is 3.62. The summed E-state index contributed by atoms with van der Waals surface area (Å²) < 4.78 is 9.66. The number of fused-ring (bicyclic) bond motifs is 2. The fraction of sp³-hybridized carbons (Fsp3) is 0.500. The fourth-order valence-corrected chi connectivity index (χ4v) is 5.75. The molecule has 9 nitrogen and oxygen atoms in total. The van der Waals surface area contributed by atoms with E-state index in [0.29, 0.717) is 26.2 Å². The zero-order valence-corrected chi connectivity index (χ0v) is 20.4. The molecule has 1 N–H and O–H groups in total. The summed E-state index contributed by atoms with van der Waals surface area (Å²) in [5, 5.41) is 19.7. The standard InChI is InChI=1S/C26H32N6O3/c1-17(34)30-7-5-25-23(14-30)26(28-32(25)22-6-8-35-16-22)31-12-18(15-33)9-20-10-19(3-4-24(20)31)21-11-27-29(2)13-21/h3-4,10-11,13,18,22,33H,5-9,12,14-16H2,1-2H3/t18?,22-/m1/s1. The predicted molar refractivity (Wildman–Crippen MR) is 131 cm³/mol. The van der Waals surface area contributed by atoms with Crippen LogP contribution in [0.4, 0.5) is 11.5 Å². The minimum Gasteiger partial charge on any atom is -0.396 e. The number of rotatable bonds is 4. The van der Waals surface area contributed by atoms with E-state index < -0.39 is 0 Å². The Labute approximate surface area is 204 Å². The van der Waals surface area contributed by atoms with Crippen LogP contribution in [-0.4, -0.2) is 68.4 Å². The van der Waals surface area contributed by atoms with Crippen LogP contribution in [0.15, 0.2) is 30.6 Å². The lowest BCUT2D eigenvalue weighted by molar-refractivity contribution is -0.129. The third-order valence-corrected chi connectivity index (χ3v) is 7.63. The minimum atomic E-state index is 0.0898. The number of carbonyl (C=O) groups is 1. The second kappa shape index (κ2) is 8.80. The van der Waals surface area contributed by atoms with Crippen LogP contribution in [-0.2, 0) is 36.0 Å². The molecule has 184 valence electrons. The van der Waals surface area contributed by atoms with E-state index in [-0.39, 0.29) is 24.5 Å². The zero-order valence-electron chi connectivity index (χ0n) is 20.4. The summed E-state index contributed by atoms with van der Waals surface area (Å²) in [5.41, 5.74) is 6.86. The Morgan fingerprint density at radius 1 is 1.29 bits per heavy atom. The summed E-state index contributed by atoms with van der Waals surface area (Å²) in [7, 11) is 1.92. The number of aromatic nitrogens is 4. The van der Waals surface area contributed by atoms with Gasteiger partial charge in [0.2, 0.25) is 5.91 Å². The average molecular weight is 477 g/mol. The highest BCUT2D eigenvalue weighted by Crippen LogP contribution is 2.41. The molecule has 2 aromatic heterocycles. The summed E-state index contributed by atoms with van der Waals surface area (Å²) >= 11 is 0. The van der Waals surface area contributed by atoms with E-state index in [9.17, 15) is 9.90 Å². The number of hydrogen-bond donors (Lipinski definition) is 1. The topological polar surface area (TPSA) is 88.7 Å². The summed E-state index contributed by atoms with van der Waals surface area (Å²) in [6.07, 6.45) is 6.46. The molecular weight excluding hydrogens is 444 g/mol. The van der Waals surface area contributed by atoms with Crippen molar-refractivity contribution in [1.82, 2.24) is 24.5 Å². The van der Waals surface area contributed by atoms with E-state index in [1.54, 1.807) is 6.92 Å². The van der Waals surface area contributed by atoms with Crippen molar-refractivity contribution in [3.63, 3.8) is 0 Å². The molecule has 1 unspecified atom stereocenters. The van der Waals surface area contributed by atoms with Gasteiger partial charge in [-0.15, -0.1) is 0 Å². The van der Waals surface area contributed by atoms with Gasteiger partial charge in [0.05, 0.1) is 25.4 Å². The first-order chi connectivity index (χ1) is 17.0. The van der Waals surface area contributed by atoms with Crippen molar-refractivity contribution >= 4 is 17.4 Å². The number of ether oxygens (including phenoxy) is 1. The monoisotopic (exact) mass is 476 g/mol. The summed E-state index contributed by atoms with van der Waals surface area (Å²) in [5.74, 6) is 1.10. The van der Waals surface area contributed by atoms with Crippen molar-refractivity contribution in [3.8, 4) is 11.1 Å². The number of hydrogen-bond acceptors (Lipinski definition) is 6. The first-order valence-electron chi connectivity index (χ1n) is 12.5. The molecule has 0 bridgehead atoms. The molecule has 0 aliphatic carbocycles. The molecular formula is C26H32N6O3. The predicted octanol–water partition coefficient (Wildman–Crippen LogP) is 2.45. The van der Waals surface area contributed by atoms with Crippen molar-refractivity contribution in [2.24, 2.45) is 13.0 Å². The molecule has 0 saturated carbocycles. The highest BCUT2D eigenvalue weighted by atomic mass is 16.5. The molecule has 1 saturated heterocycles. The van der Waals surface area contributed by atoms with Gasteiger partial charge in [-0.2, -0.15) is 10.2 Å². The molecule has 3 aliphatic rings. The van der Waals surface area contributed by atoms with Crippen molar-refractivity contribution in [2.45, 2.75) is 38.8 Å². The lowest BCUT2D eigenvalue weighted by Gasteiger charge is -2.36. The second-order valence-corrected chi connectivity index (χ2v) is 10.0. The van der Waals surface area contributed by atoms with Crippen LogP contribution >= 0.6 is 0 Å². The Balaban J connectivity index is 1.45. The first kappa shape index (κ1) is 22.3. The smallest absolute Gasteiger partial charge is 0.219 e. The number of anilines is 2. The van der Waals surface area contributed by atoms with Crippen molar-refractivity contribution in [1.29, 1.82) is 0 Å². The van der Waals surface area contributed by atoms with Crippen LogP contribution in [0.1, 0.15) is 36.2 Å². The molecule has 5 heterocycles. The molecule has 1 amide bonds. The fourth-order valence-electron chi connectivity index (χ4n) is 5.75. The third kappa shape index (κ3) is 3.92. The Kier molecular flexibility index (Phi) is 5.61. The van der Waals surface area contributed by atoms with Gasteiger partial charge in [0.1, 0.15) is 0 Å². The molecule has 1 fully saturated rings. The van der Waals surface area contributed by atoms with E-state index in [4.69, 9.17) is 9.84 Å². The van der Waals surface area contributed by atoms with E-state index in [1.807, 2.05) is 29.0 Å². The summed E-state index contributed by atoms with van der Waals surface area (Å²) in [6.45, 7) is 5.16. The quantitative estimate of drug-likeness (QED) is 0.622. The summed E-state index contributed by atoms with van der Waals surface area (Å²) in [4.78, 5) is 16.4. The molecule has 9 heteroatoms. The lowest BCUT2D eigenvalue weighted by atomic mass is 9.90. The van der Waals surface area contributed by atoms with Gasteiger partial charge in [-0.3, -0.25) is 14.2 Å². The maximum atomic E-state index is 12.3. The molecule has 3 aliphatic heterocycles. The Hall–Kier alpha value is -3.17.